The molecule has 1 heterocycles. The van der Waals surface area contributed by atoms with E-state index in [1.54, 1.807) is 11.3 Å². The Morgan fingerprint density at radius 1 is 1.45 bits per heavy atom. The second kappa shape index (κ2) is 5.97. The molecule has 3 N–H and O–H groups in total. The first-order valence-corrected chi connectivity index (χ1v) is 8.02. The van der Waals surface area contributed by atoms with Crippen LogP contribution in [-0.2, 0) is 4.74 Å². The average molecular weight is 291 g/mol. The standard InChI is InChI=1S/C15H21N3OS/c1-10-18-14-8-13(12(16)7-15(14)20-10)17-5-2-6-19-9-11-3-4-11/h7-8,11,17H,2-6,9,16H2,1H3. The number of nitrogens with zero attached hydrogens (tertiary/aromatic N) is 1. The summed E-state index contributed by atoms with van der Waals surface area (Å²) in [5.74, 6) is 0.842. The Morgan fingerprint density at radius 2 is 2.30 bits per heavy atom. The van der Waals surface area contributed by atoms with Crippen LogP contribution in [0.1, 0.15) is 24.3 Å². The molecule has 108 valence electrons. The largest absolute Gasteiger partial charge is 0.397 e. The van der Waals surface area contributed by atoms with E-state index in [1.807, 2.05) is 19.1 Å². The minimum Gasteiger partial charge on any atom is -0.397 e. The molecule has 1 fully saturated rings. The fourth-order valence-electron chi connectivity index (χ4n) is 2.19. The predicted octanol–water partition coefficient (Wildman–Crippen LogP) is 3.42. The summed E-state index contributed by atoms with van der Waals surface area (Å²) < 4.78 is 6.77. The van der Waals surface area contributed by atoms with Crippen molar-refractivity contribution in [3.8, 4) is 0 Å². The Kier molecular flexibility index (Phi) is 4.08. The Labute approximate surface area is 123 Å². The summed E-state index contributed by atoms with van der Waals surface area (Å²) in [4.78, 5) is 4.50. The molecule has 0 radical (unpaired) electrons. The summed E-state index contributed by atoms with van der Waals surface area (Å²) in [7, 11) is 0. The molecule has 1 aliphatic carbocycles. The quantitative estimate of drug-likeness (QED) is 0.606. The first-order valence-electron chi connectivity index (χ1n) is 7.20. The van der Waals surface area contributed by atoms with Gasteiger partial charge in [-0.05, 0) is 44.2 Å². The van der Waals surface area contributed by atoms with E-state index in [2.05, 4.69) is 10.3 Å². The van der Waals surface area contributed by atoms with Crippen molar-refractivity contribution in [2.45, 2.75) is 26.2 Å². The van der Waals surface area contributed by atoms with Crippen molar-refractivity contribution in [1.29, 1.82) is 0 Å². The third kappa shape index (κ3) is 3.41. The van der Waals surface area contributed by atoms with Crippen molar-refractivity contribution < 1.29 is 4.74 Å². The van der Waals surface area contributed by atoms with Crippen molar-refractivity contribution >= 4 is 32.9 Å². The van der Waals surface area contributed by atoms with Crippen molar-refractivity contribution in [3.05, 3.63) is 17.1 Å². The second-order valence-electron chi connectivity index (χ2n) is 5.44. The molecule has 3 rings (SSSR count). The van der Waals surface area contributed by atoms with Gasteiger partial charge in [0.15, 0.2) is 0 Å². The molecule has 0 saturated heterocycles. The van der Waals surface area contributed by atoms with E-state index in [0.29, 0.717) is 0 Å². The van der Waals surface area contributed by atoms with E-state index in [9.17, 15) is 0 Å². The maximum atomic E-state index is 6.07. The van der Waals surface area contributed by atoms with Gasteiger partial charge in [0, 0.05) is 19.8 Å². The van der Waals surface area contributed by atoms with Gasteiger partial charge in [-0.25, -0.2) is 4.98 Å². The number of aryl methyl sites for hydroxylation is 1. The van der Waals surface area contributed by atoms with Crippen LogP contribution < -0.4 is 11.1 Å². The van der Waals surface area contributed by atoms with E-state index in [4.69, 9.17) is 10.5 Å². The van der Waals surface area contributed by atoms with Gasteiger partial charge in [-0.15, -0.1) is 11.3 Å². The first kappa shape index (κ1) is 13.6. The molecular weight excluding hydrogens is 270 g/mol. The van der Waals surface area contributed by atoms with Gasteiger partial charge in [0.25, 0.3) is 0 Å². The van der Waals surface area contributed by atoms with Gasteiger partial charge in [-0.3, -0.25) is 0 Å². The molecule has 0 spiro atoms. The molecule has 1 aliphatic rings. The summed E-state index contributed by atoms with van der Waals surface area (Å²) >= 11 is 1.68. The van der Waals surface area contributed by atoms with Crippen LogP contribution in [0.4, 0.5) is 11.4 Å². The molecule has 1 saturated carbocycles. The number of anilines is 2. The lowest BCUT2D eigenvalue weighted by Crippen LogP contribution is -2.08. The number of nitrogens with two attached hydrogens (primary N) is 1. The van der Waals surface area contributed by atoms with Gasteiger partial charge in [0.2, 0.25) is 0 Å². The van der Waals surface area contributed by atoms with E-state index < -0.39 is 0 Å². The van der Waals surface area contributed by atoms with E-state index >= 15 is 0 Å². The average Bonchev–Trinajstić information content (AvgIpc) is 3.16. The molecule has 1 aromatic carbocycles. The van der Waals surface area contributed by atoms with Gasteiger partial charge < -0.3 is 15.8 Å². The number of nitrogens with one attached hydrogen (secondary N) is 1. The molecule has 0 atom stereocenters. The topological polar surface area (TPSA) is 60.2 Å². The van der Waals surface area contributed by atoms with Crippen molar-refractivity contribution in [1.82, 2.24) is 4.98 Å². The van der Waals surface area contributed by atoms with Gasteiger partial charge in [-0.2, -0.15) is 0 Å². The lowest BCUT2D eigenvalue weighted by atomic mass is 10.2. The molecule has 0 aliphatic heterocycles. The van der Waals surface area contributed by atoms with Crippen LogP contribution in [0.5, 0.6) is 0 Å². The highest BCUT2D eigenvalue weighted by Gasteiger charge is 2.20. The maximum absolute atomic E-state index is 6.07. The van der Waals surface area contributed by atoms with Crippen LogP contribution in [0.3, 0.4) is 0 Å². The number of hydrogen-bond donors (Lipinski definition) is 2. The fraction of sp³-hybridized carbons (Fsp3) is 0.533. The van der Waals surface area contributed by atoms with Crippen LogP contribution in [0.15, 0.2) is 12.1 Å². The summed E-state index contributed by atoms with van der Waals surface area (Å²) in [6.07, 6.45) is 3.70. The number of fused-ring (bicyclic) bond motifs is 1. The van der Waals surface area contributed by atoms with Crippen molar-refractivity contribution in [3.63, 3.8) is 0 Å². The minimum atomic E-state index is 0.792. The number of ether oxygens (including phenoxy) is 1. The van der Waals surface area contributed by atoms with Crippen LogP contribution in [0.2, 0.25) is 0 Å². The van der Waals surface area contributed by atoms with Crippen LogP contribution in [0.25, 0.3) is 10.2 Å². The maximum Gasteiger partial charge on any atom is 0.0907 e. The van der Waals surface area contributed by atoms with Gasteiger partial charge in [0.05, 0.1) is 26.6 Å². The number of hydrogen-bond acceptors (Lipinski definition) is 5. The molecule has 5 heteroatoms. The lowest BCUT2D eigenvalue weighted by molar-refractivity contribution is 0.124. The monoisotopic (exact) mass is 291 g/mol. The smallest absolute Gasteiger partial charge is 0.0907 e. The zero-order valence-corrected chi connectivity index (χ0v) is 12.6. The van der Waals surface area contributed by atoms with Crippen molar-refractivity contribution in [2.24, 2.45) is 5.92 Å². The zero-order chi connectivity index (χ0) is 13.9. The number of nitrogen functional groups attached to an aromatic ring is 1. The van der Waals surface area contributed by atoms with E-state index in [-0.39, 0.29) is 0 Å². The molecular formula is C15H21N3OS. The number of aromatic nitrogens is 1. The summed E-state index contributed by atoms with van der Waals surface area (Å²) in [5.41, 5.74) is 8.86. The minimum absolute atomic E-state index is 0.792. The predicted molar refractivity (Wildman–Crippen MR) is 85.4 cm³/mol. The summed E-state index contributed by atoms with van der Waals surface area (Å²) in [6.45, 7) is 4.66. The highest BCUT2D eigenvalue weighted by atomic mass is 32.1. The Bertz CT molecular complexity index is 592. The number of benzene rings is 1. The van der Waals surface area contributed by atoms with Gasteiger partial charge in [-0.1, -0.05) is 0 Å². The summed E-state index contributed by atoms with van der Waals surface area (Å²) in [6, 6.07) is 4.05. The van der Waals surface area contributed by atoms with Crippen LogP contribution >= 0.6 is 11.3 Å². The molecule has 2 aromatic rings. The SMILES string of the molecule is Cc1nc2cc(NCCCOCC3CC3)c(N)cc2s1. The molecule has 0 bridgehead atoms. The van der Waals surface area contributed by atoms with Crippen LogP contribution in [0, 0.1) is 12.8 Å². The second-order valence-corrected chi connectivity index (χ2v) is 6.67. The number of thiazole rings is 1. The van der Waals surface area contributed by atoms with Gasteiger partial charge in [0.1, 0.15) is 0 Å². The fourth-order valence-corrected chi connectivity index (χ4v) is 3.05. The highest BCUT2D eigenvalue weighted by Crippen LogP contribution is 2.30. The molecule has 4 nitrogen and oxygen atoms in total. The normalized spacial score (nSPS) is 14.8. The number of rotatable bonds is 7. The van der Waals surface area contributed by atoms with Crippen molar-refractivity contribution in [2.75, 3.05) is 30.8 Å². The molecule has 0 unspecified atom stereocenters. The van der Waals surface area contributed by atoms with E-state index in [1.165, 1.54) is 12.8 Å². The van der Waals surface area contributed by atoms with E-state index in [0.717, 1.165) is 58.7 Å². The first-order chi connectivity index (χ1) is 9.72. The Morgan fingerprint density at radius 3 is 3.10 bits per heavy atom. The zero-order valence-electron chi connectivity index (χ0n) is 11.8. The van der Waals surface area contributed by atoms with Gasteiger partial charge >= 0.3 is 0 Å². The lowest BCUT2D eigenvalue weighted by Gasteiger charge is -2.09. The third-order valence-electron chi connectivity index (χ3n) is 3.50. The molecule has 0 amide bonds. The Balaban J connectivity index is 1.49. The summed E-state index contributed by atoms with van der Waals surface area (Å²) in [5, 5.41) is 4.45. The molecule has 20 heavy (non-hydrogen) atoms. The third-order valence-corrected chi connectivity index (χ3v) is 4.43. The molecule has 1 aromatic heterocycles. The van der Waals surface area contributed by atoms with Crippen LogP contribution in [-0.4, -0.2) is 24.7 Å². The highest BCUT2D eigenvalue weighted by molar-refractivity contribution is 7.18. The Hall–Kier alpha value is -1.33.